The molecule has 0 saturated heterocycles. The summed E-state index contributed by atoms with van der Waals surface area (Å²) in [5.41, 5.74) is 2.04. The van der Waals surface area contributed by atoms with E-state index < -0.39 is 11.7 Å². The van der Waals surface area contributed by atoms with Crippen LogP contribution in [0.1, 0.15) is 30.4 Å². The summed E-state index contributed by atoms with van der Waals surface area (Å²) < 4.78 is 39.1. The second-order valence-electron chi connectivity index (χ2n) is 6.94. The number of aromatic nitrogens is 3. The zero-order valence-electron chi connectivity index (χ0n) is 14.5. The second-order valence-corrected chi connectivity index (χ2v) is 6.94. The number of rotatable bonds is 6. The first kappa shape index (κ1) is 17.6. The average molecular weight is 376 g/mol. The highest BCUT2D eigenvalue weighted by Crippen LogP contribution is 2.32. The number of hydrogen-bond acceptors (Lipinski definition) is 2. The van der Waals surface area contributed by atoms with Gasteiger partial charge < -0.3 is 10.3 Å². The van der Waals surface area contributed by atoms with Crippen LogP contribution in [0.2, 0.25) is 0 Å². The largest absolute Gasteiger partial charge is 0.419 e. The van der Waals surface area contributed by atoms with E-state index >= 15 is 0 Å². The number of H-pyrrole nitrogens is 1. The van der Waals surface area contributed by atoms with Crippen molar-refractivity contribution in [2.75, 3.05) is 5.32 Å². The number of carbonyl (C=O) groups excluding carboxylic acids is 1. The molecule has 0 atom stereocenters. The number of aromatic amines is 1. The van der Waals surface area contributed by atoms with Crippen LogP contribution >= 0.6 is 0 Å². The van der Waals surface area contributed by atoms with Gasteiger partial charge in [-0.3, -0.25) is 9.48 Å². The molecule has 1 saturated carbocycles. The van der Waals surface area contributed by atoms with E-state index in [1.54, 1.807) is 6.20 Å². The summed E-state index contributed by atoms with van der Waals surface area (Å²) in [6, 6.07) is 5.95. The Balaban J connectivity index is 1.40. The Kier molecular flexibility index (Phi) is 4.41. The second kappa shape index (κ2) is 6.75. The minimum absolute atomic E-state index is 0.0560. The molecule has 27 heavy (non-hydrogen) atoms. The maximum atomic E-state index is 12.6. The molecular weight excluding hydrogens is 357 g/mol. The summed E-state index contributed by atoms with van der Waals surface area (Å²) in [7, 11) is 0. The Morgan fingerprint density at radius 3 is 2.85 bits per heavy atom. The Bertz CT molecular complexity index is 969. The van der Waals surface area contributed by atoms with Gasteiger partial charge in [0.25, 0.3) is 0 Å². The van der Waals surface area contributed by atoms with Crippen molar-refractivity contribution >= 4 is 22.5 Å². The molecule has 142 valence electrons. The maximum absolute atomic E-state index is 12.6. The summed E-state index contributed by atoms with van der Waals surface area (Å²) >= 11 is 0. The Morgan fingerprint density at radius 1 is 1.33 bits per heavy atom. The predicted molar refractivity (Wildman–Crippen MR) is 95.2 cm³/mol. The number of hydrogen-bond donors (Lipinski definition) is 2. The molecule has 2 heterocycles. The summed E-state index contributed by atoms with van der Waals surface area (Å²) in [4.78, 5) is 15.1. The number of anilines is 1. The summed E-state index contributed by atoms with van der Waals surface area (Å²) in [6.07, 6.45) is 2.57. The van der Waals surface area contributed by atoms with Gasteiger partial charge in [0.05, 0.1) is 17.4 Å². The quantitative estimate of drug-likeness (QED) is 0.671. The van der Waals surface area contributed by atoms with Crippen molar-refractivity contribution in [3.8, 4) is 0 Å². The van der Waals surface area contributed by atoms with Gasteiger partial charge in [-0.25, -0.2) is 0 Å². The van der Waals surface area contributed by atoms with Crippen LogP contribution in [0.25, 0.3) is 10.9 Å². The lowest BCUT2D eigenvalue weighted by Crippen LogP contribution is -2.12. The highest BCUT2D eigenvalue weighted by Gasteiger charge is 2.32. The summed E-state index contributed by atoms with van der Waals surface area (Å²) in [5, 5.41) is 7.68. The fourth-order valence-corrected chi connectivity index (χ4v) is 3.08. The van der Waals surface area contributed by atoms with Crippen molar-refractivity contribution in [2.24, 2.45) is 5.92 Å². The van der Waals surface area contributed by atoms with Gasteiger partial charge in [0.2, 0.25) is 5.91 Å². The van der Waals surface area contributed by atoms with Crippen LogP contribution in [0.3, 0.4) is 0 Å². The maximum Gasteiger partial charge on any atom is 0.419 e. The third-order valence-corrected chi connectivity index (χ3v) is 4.77. The lowest BCUT2D eigenvalue weighted by Gasteiger charge is -2.05. The van der Waals surface area contributed by atoms with Crippen LogP contribution in [-0.2, 0) is 23.9 Å². The van der Waals surface area contributed by atoms with Gasteiger partial charge in [0.15, 0.2) is 0 Å². The first-order valence-corrected chi connectivity index (χ1v) is 8.91. The monoisotopic (exact) mass is 376 g/mol. The number of fused-ring (bicyclic) bond motifs is 1. The smallest absolute Gasteiger partial charge is 0.359 e. The van der Waals surface area contributed by atoms with Crippen molar-refractivity contribution < 1.29 is 18.0 Å². The van der Waals surface area contributed by atoms with E-state index in [-0.39, 0.29) is 11.8 Å². The van der Waals surface area contributed by atoms with Crippen LogP contribution in [0.4, 0.5) is 18.9 Å². The molecule has 8 heteroatoms. The van der Waals surface area contributed by atoms with E-state index in [2.05, 4.69) is 15.4 Å². The number of nitrogens with zero attached hydrogens (tertiary/aromatic N) is 2. The van der Waals surface area contributed by atoms with Gasteiger partial charge in [0, 0.05) is 35.8 Å². The molecule has 0 radical (unpaired) electrons. The predicted octanol–water partition coefficient (Wildman–Crippen LogP) is 4.36. The van der Waals surface area contributed by atoms with Gasteiger partial charge in [0.1, 0.15) is 0 Å². The normalized spacial score (nSPS) is 14.6. The molecule has 5 nitrogen and oxygen atoms in total. The number of halogens is 3. The Labute approximate surface area is 153 Å². The molecule has 0 unspecified atom stereocenters. The number of benzene rings is 1. The molecule has 1 aliphatic rings. The SMILES string of the molecule is O=C(Nc1c[nH]c2ccc(CCCn3cc(C(F)(F)F)cn3)cc12)C1CC1. The molecule has 2 aromatic heterocycles. The van der Waals surface area contributed by atoms with Gasteiger partial charge in [-0.1, -0.05) is 6.07 Å². The standard InChI is InChI=1S/C19H19F3N4O/c20-19(21,22)14-9-24-26(11-14)7-1-2-12-3-6-16-15(8-12)17(10-23-16)25-18(27)13-4-5-13/h3,6,8-11,13,23H,1-2,4-5,7H2,(H,25,27). The van der Waals surface area contributed by atoms with Crippen molar-refractivity contribution in [3.63, 3.8) is 0 Å². The number of alkyl halides is 3. The third kappa shape index (κ3) is 3.99. The molecule has 1 amide bonds. The number of aryl methyl sites for hydroxylation is 2. The van der Waals surface area contributed by atoms with E-state index in [0.717, 1.165) is 47.4 Å². The van der Waals surface area contributed by atoms with E-state index in [1.165, 1.54) is 4.68 Å². The van der Waals surface area contributed by atoms with E-state index in [1.807, 2.05) is 18.2 Å². The molecule has 1 fully saturated rings. The molecule has 4 rings (SSSR count). The highest BCUT2D eigenvalue weighted by molar-refractivity contribution is 6.03. The number of nitrogens with one attached hydrogen (secondary N) is 2. The van der Waals surface area contributed by atoms with Crippen molar-refractivity contribution in [2.45, 2.75) is 38.4 Å². The van der Waals surface area contributed by atoms with Gasteiger partial charge in [-0.05, 0) is 43.4 Å². The van der Waals surface area contributed by atoms with Gasteiger partial charge >= 0.3 is 6.18 Å². The Morgan fingerprint density at radius 2 is 2.15 bits per heavy atom. The first-order valence-electron chi connectivity index (χ1n) is 8.91. The molecule has 0 spiro atoms. The zero-order chi connectivity index (χ0) is 19.0. The molecule has 2 N–H and O–H groups in total. The molecule has 3 aromatic rings. The first-order chi connectivity index (χ1) is 12.9. The zero-order valence-corrected chi connectivity index (χ0v) is 14.5. The molecular formula is C19H19F3N4O. The van der Waals surface area contributed by atoms with Gasteiger partial charge in [-0.2, -0.15) is 18.3 Å². The van der Waals surface area contributed by atoms with Gasteiger partial charge in [-0.15, -0.1) is 0 Å². The van der Waals surface area contributed by atoms with E-state index in [4.69, 9.17) is 0 Å². The van der Waals surface area contributed by atoms with Crippen LogP contribution < -0.4 is 5.32 Å². The van der Waals surface area contributed by atoms with Crippen molar-refractivity contribution in [1.29, 1.82) is 0 Å². The summed E-state index contributed by atoms with van der Waals surface area (Å²) in [5.74, 6) is 0.189. The molecule has 1 aromatic carbocycles. The number of amides is 1. The molecule has 0 aliphatic heterocycles. The lowest BCUT2D eigenvalue weighted by atomic mass is 10.1. The highest BCUT2D eigenvalue weighted by atomic mass is 19.4. The Hall–Kier alpha value is -2.77. The van der Waals surface area contributed by atoms with Crippen LogP contribution in [0.15, 0.2) is 36.8 Å². The van der Waals surface area contributed by atoms with Crippen LogP contribution in [0.5, 0.6) is 0 Å². The minimum Gasteiger partial charge on any atom is -0.359 e. The molecule has 1 aliphatic carbocycles. The van der Waals surface area contributed by atoms with Crippen molar-refractivity contribution in [3.05, 3.63) is 47.9 Å². The minimum atomic E-state index is -4.36. The lowest BCUT2D eigenvalue weighted by molar-refractivity contribution is -0.137. The molecule has 0 bridgehead atoms. The fourth-order valence-electron chi connectivity index (χ4n) is 3.08. The van der Waals surface area contributed by atoms with Crippen LogP contribution in [-0.4, -0.2) is 20.7 Å². The number of carbonyl (C=O) groups is 1. The van der Waals surface area contributed by atoms with Crippen LogP contribution in [0, 0.1) is 5.92 Å². The average Bonchev–Trinajstić information content (AvgIpc) is 3.24. The van der Waals surface area contributed by atoms with Crippen molar-refractivity contribution in [1.82, 2.24) is 14.8 Å². The third-order valence-electron chi connectivity index (χ3n) is 4.77. The van der Waals surface area contributed by atoms with E-state index in [0.29, 0.717) is 19.4 Å². The topological polar surface area (TPSA) is 62.7 Å². The van der Waals surface area contributed by atoms with E-state index in [9.17, 15) is 18.0 Å². The fraction of sp³-hybridized carbons (Fsp3) is 0.368. The summed E-state index contributed by atoms with van der Waals surface area (Å²) in [6.45, 7) is 0.409.